The Morgan fingerprint density at radius 3 is 2.53 bits per heavy atom. The van der Waals surface area contributed by atoms with Gasteiger partial charge in [-0.1, -0.05) is 49.9 Å². The molecule has 0 fully saturated rings. The maximum atomic E-state index is 6.19. The van der Waals surface area contributed by atoms with Crippen molar-refractivity contribution in [1.29, 1.82) is 0 Å². The van der Waals surface area contributed by atoms with Crippen LogP contribution in [0.25, 0.3) is 0 Å². The Bertz CT molecular complexity index is 304. The van der Waals surface area contributed by atoms with Gasteiger partial charge in [-0.2, -0.15) is 0 Å². The van der Waals surface area contributed by atoms with E-state index in [1.165, 1.54) is 36.0 Å². The van der Waals surface area contributed by atoms with E-state index in [4.69, 9.17) is 5.73 Å². The van der Waals surface area contributed by atoms with Gasteiger partial charge in [-0.15, -0.1) is 0 Å². The first kappa shape index (κ1) is 12.3. The molecule has 1 atom stereocenters. The van der Waals surface area contributed by atoms with Crippen molar-refractivity contribution in [1.82, 2.24) is 0 Å². The minimum Gasteiger partial charge on any atom is -0.324 e. The van der Waals surface area contributed by atoms with Crippen LogP contribution >= 0.6 is 0 Å². The molecule has 2 N–H and O–H groups in total. The van der Waals surface area contributed by atoms with Crippen LogP contribution in [0.1, 0.15) is 55.3 Å². The van der Waals surface area contributed by atoms with E-state index < -0.39 is 0 Å². The largest absolute Gasteiger partial charge is 0.324 e. The van der Waals surface area contributed by atoms with Crippen molar-refractivity contribution in [3.63, 3.8) is 0 Å². The van der Waals surface area contributed by atoms with E-state index in [2.05, 4.69) is 39.0 Å². The molecule has 0 spiro atoms. The lowest BCUT2D eigenvalue weighted by atomic mass is 9.96. The van der Waals surface area contributed by atoms with E-state index in [1.807, 2.05) is 0 Å². The average molecular weight is 205 g/mol. The predicted molar refractivity (Wildman–Crippen MR) is 67.0 cm³/mol. The quantitative estimate of drug-likeness (QED) is 0.725. The van der Waals surface area contributed by atoms with E-state index in [1.54, 1.807) is 0 Å². The number of hydrogen-bond acceptors (Lipinski definition) is 1. The first-order valence-corrected chi connectivity index (χ1v) is 5.98. The fourth-order valence-corrected chi connectivity index (χ4v) is 2.01. The number of rotatable bonds is 5. The Balaban J connectivity index is 2.61. The molecule has 0 aliphatic carbocycles. The minimum absolute atomic E-state index is 0.220. The van der Waals surface area contributed by atoms with Crippen molar-refractivity contribution in [3.8, 4) is 0 Å². The Kier molecular flexibility index (Phi) is 4.83. The summed E-state index contributed by atoms with van der Waals surface area (Å²) < 4.78 is 0. The summed E-state index contributed by atoms with van der Waals surface area (Å²) in [6.07, 6.45) is 4.90. The highest BCUT2D eigenvalue weighted by Crippen LogP contribution is 2.21. The summed E-state index contributed by atoms with van der Waals surface area (Å²) in [6, 6.07) is 6.77. The van der Waals surface area contributed by atoms with Gasteiger partial charge in [0.1, 0.15) is 0 Å². The Morgan fingerprint density at radius 1 is 1.20 bits per heavy atom. The SMILES string of the molecule is CCCCCC(N)c1ccc(C)cc1C. The second-order valence-corrected chi connectivity index (χ2v) is 4.46. The molecular weight excluding hydrogens is 182 g/mol. The molecule has 0 radical (unpaired) electrons. The molecule has 0 bridgehead atoms. The van der Waals surface area contributed by atoms with Crippen LogP contribution in [0.4, 0.5) is 0 Å². The molecular formula is C14H23N. The molecule has 0 amide bonds. The molecule has 0 saturated heterocycles. The molecule has 1 rings (SSSR count). The van der Waals surface area contributed by atoms with Gasteiger partial charge in [0.25, 0.3) is 0 Å². The lowest BCUT2D eigenvalue weighted by Gasteiger charge is -2.15. The van der Waals surface area contributed by atoms with Gasteiger partial charge in [0.2, 0.25) is 0 Å². The summed E-state index contributed by atoms with van der Waals surface area (Å²) in [5.41, 5.74) is 10.2. The molecule has 1 unspecified atom stereocenters. The maximum absolute atomic E-state index is 6.19. The maximum Gasteiger partial charge on any atom is 0.0297 e. The van der Waals surface area contributed by atoms with Crippen LogP contribution in [-0.2, 0) is 0 Å². The van der Waals surface area contributed by atoms with E-state index in [0.29, 0.717) is 0 Å². The van der Waals surface area contributed by atoms with Crippen LogP contribution < -0.4 is 5.73 Å². The van der Waals surface area contributed by atoms with Gasteiger partial charge >= 0.3 is 0 Å². The molecule has 1 nitrogen and oxygen atoms in total. The van der Waals surface area contributed by atoms with Crippen LogP contribution in [0, 0.1) is 13.8 Å². The third-order valence-corrected chi connectivity index (χ3v) is 2.94. The molecule has 15 heavy (non-hydrogen) atoms. The third kappa shape index (κ3) is 3.67. The fourth-order valence-electron chi connectivity index (χ4n) is 2.01. The van der Waals surface area contributed by atoms with Crippen LogP contribution in [-0.4, -0.2) is 0 Å². The van der Waals surface area contributed by atoms with Gasteiger partial charge in [-0.25, -0.2) is 0 Å². The summed E-state index contributed by atoms with van der Waals surface area (Å²) in [5, 5.41) is 0. The molecule has 1 aromatic rings. The lowest BCUT2D eigenvalue weighted by molar-refractivity contribution is 0.579. The molecule has 0 saturated carbocycles. The Morgan fingerprint density at radius 2 is 1.93 bits per heavy atom. The first-order chi connectivity index (χ1) is 7.15. The van der Waals surface area contributed by atoms with Crippen molar-refractivity contribution >= 4 is 0 Å². The van der Waals surface area contributed by atoms with E-state index >= 15 is 0 Å². The van der Waals surface area contributed by atoms with E-state index in [-0.39, 0.29) is 6.04 Å². The summed E-state index contributed by atoms with van der Waals surface area (Å²) in [6.45, 7) is 6.50. The lowest BCUT2D eigenvalue weighted by Crippen LogP contribution is -2.11. The zero-order valence-electron chi connectivity index (χ0n) is 10.2. The molecule has 0 aliphatic heterocycles. The molecule has 0 aromatic heterocycles. The van der Waals surface area contributed by atoms with Crippen molar-refractivity contribution in [3.05, 3.63) is 34.9 Å². The summed E-state index contributed by atoms with van der Waals surface area (Å²) in [4.78, 5) is 0. The van der Waals surface area contributed by atoms with Gasteiger partial charge in [-0.05, 0) is 31.4 Å². The molecule has 0 heterocycles. The fraction of sp³-hybridized carbons (Fsp3) is 0.571. The number of nitrogens with two attached hydrogens (primary N) is 1. The van der Waals surface area contributed by atoms with Crippen LogP contribution in [0.2, 0.25) is 0 Å². The molecule has 84 valence electrons. The summed E-state index contributed by atoms with van der Waals surface area (Å²) in [7, 11) is 0. The van der Waals surface area contributed by atoms with Gasteiger partial charge in [0, 0.05) is 6.04 Å². The molecule has 1 heteroatoms. The third-order valence-electron chi connectivity index (χ3n) is 2.94. The van der Waals surface area contributed by atoms with Crippen molar-refractivity contribution in [2.45, 2.75) is 52.5 Å². The van der Waals surface area contributed by atoms with Crippen molar-refractivity contribution in [2.75, 3.05) is 0 Å². The number of aryl methyl sites for hydroxylation is 2. The number of benzene rings is 1. The normalized spacial score (nSPS) is 12.8. The number of unbranched alkanes of at least 4 members (excludes halogenated alkanes) is 2. The van der Waals surface area contributed by atoms with E-state index in [0.717, 1.165) is 6.42 Å². The predicted octanol–water partition coefficient (Wildman–Crippen LogP) is 3.88. The zero-order valence-corrected chi connectivity index (χ0v) is 10.2. The van der Waals surface area contributed by atoms with Crippen molar-refractivity contribution in [2.24, 2.45) is 5.73 Å². The smallest absolute Gasteiger partial charge is 0.0297 e. The van der Waals surface area contributed by atoms with Crippen LogP contribution in [0.5, 0.6) is 0 Å². The summed E-state index contributed by atoms with van der Waals surface area (Å²) in [5.74, 6) is 0. The van der Waals surface area contributed by atoms with Gasteiger partial charge in [0.15, 0.2) is 0 Å². The topological polar surface area (TPSA) is 26.0 Å². The molecule has 0 aliphatic rings. The first-order valence-electron chi connectivity index (χ1n) is 5.98. The van der Waals surface area contributed by atoms with Crippen LogP contribution in [0.3, 0.4) is 0 Å². The highest BCUT2D eigenvalue weighted by atomic mass is 14.6. The van der Waals surface area contributed by atoms with Crippen molar-refractivity contribution < 1.29 is 0 Å². The average Bonchev–Trinajstić information content (AvgIpc) is 2.17. The zero-order chi connectivity index (χ0) is 11.3. The minimum atomic E-state index is 0.220. The van der Waals surface area contributed by atoms with Gasteiger partial charge in [-0.3, -0.25) is 0 Å². The molecule has 1 aromatic carbocycles. The Labute approximate surface area is 93.7 Å². The monoisotopic (exact) mass is 205 g/mol. The van der Waals surface area contributed by atoms with Gasteiger partial charge in [0.05, 0.1) is 0 Å². The second-order valence-electron chi connectivity index (χ2n) is 4.46. The van der Waals surface area contributed by atoms with E-state index in [9.17, 15) is 0 Å². The highest BCUT2D eigenvalue weighted by molar-refractivity contribution is 5.32. The van der Waals surface area contributed by atoms with Gasteiger partial charge < -0.3 is 5.73 Å². The highest BCUT2D eigenvalue weighted by Gasteiger charge is 2.07. The standard InChI is InChI=1S/C14H23N/c1-4-5-6-7-14(15)13-9-8-11(2)10-12(13)3/h8-10,14H,4-7,15H2,1-3H3. The second kappa shape index (κ2) is 5.92. The Hall–Kier alpha value is -0.820. The number of hydrogen-bond donors (Lipinski definition) is 1. The van der Waals surface area contributed by atoms with Crippen LogP contribution in [0.15, 0.2) is 18.2 Å². The summed E-state index contributed by atoms with van der Waals surface area (Å²) >= 11 is 0.